The molecule has 0 radical (unpaired) electrons. The molecule has 0 aromatic heterocycles. The summed E-state index contributed by atoms with van der Waals surface area (Å²) < 4.78 is 0. The van der Waals surface area contributed by atoms with Gasteiger partial charge in [-0.15, -0.1) is 0 Å². The van der Waals surface area contributed by atoms with Gasteiger partial charge in [0.25, 0.3) is 0 Å². The van der Waals surface area contributed by atoms with Crippen molar-refractivity contribution in [3.05, 3.63) is 0 Å². The minimum Gasteiger partial charge on any atom is -0.311 e. The van der Waals surface area contributed by atoms with Gasteiger partial charge in [-0.25, -0.2) is 0 Å². The van der Waals surface area contributed by atoms with Crippen LogP contribution in [0, 0.1) is 17.8 Å². The highest BCUT2D eigenvalue weighted by Gasteiger charge is 2.30. The van der Waals surface area contributed by atoms with E-state index in [0.29, 0.717) is 6.04 Å². The first-order valence-electron chi connectivity index (χ1n) is 6.32. The molecule has 1 saturated carbocycles. The zero-order valence-electron chi connectivity index (χ0n) is 10.5. The third-order valence-corrected chi connectivity index (χ3v) is 4.44. The maximum atomic E-state index is 3.81. The van der Waals surface area contributed by atoms with E-state index < -0.39 is 0 Å². The summed E-state index contributed by atoms with van der Waals surface area (Å²) in [5.41, 5.74) is 0. The summed E-state index contributed by atoms with van der Waals surface area (Å²) >= 11 is 0. The molecule has 0 heterocycles. The number of nitrogens with one attached hydrogen (secondary N) is 1. The lowest BCUT2D eigenvalue weighted by atomic mass is 9.95. The van der Waals surface area contributed by atoms with E-state index in [1.54, 1.807) is 0 Å². The van der Waals surface area contributed by atoms with Gasteiger partial charge in [0.15, 0.2) is 0 Å². The SMILES string of the molecule is CCC(C)C(C)NC1CCC(C)C1C. The van der Waals surface area contributed by atoms with Crippen molar-refractivity contribution < 1.29 is 0 Å². The van der Waals surface area contributed by atoms with Crippen LogP contribution in [0.4, 0.5) is 0 Å². The molecule has 14 heavy (non-hydrogen) atoms. The summed E-state index contributed by atoms with van der Waals surface area (Å²) in [7, 11) is 0. The standard InChI is InChI=1S/C13H27N/c1-6-9(2)12(5)14-13-8-7-10(3)11(13)4/h9-14H,6-8H2,1-5H3. The summed E-state index contributed by atoms with van der Waals surface area (Å²) in [6, 6.07) is 1.45. The van der Waals surface area contributed by atoms with E-state index in [1.807, 2.05) is 0 Å². The van der Waals surface area contributed by atoms with E-state index in [0.717, 1.165) is 23.8 Å². The molecule has 0 aliphatic heterocycles. The summed E-state index contributed by atoms with van der Waals surface area (Å²) in [6.07, 6.45) is 4.07. The normalized spacial score (nSPS) is 37.1. The lowest BCUT2D eigenvalue weighted by Gasteiger charge is -2.27. The molecule has 1 aliphatic carbocycles. The van der Waals surface area contributed by atoms with Gasteiger partial charge in [0.2, 0.25) is 0 Å². The molecule has 0 saturated heterocycles. The fourth-order valence-electron chi connectivity index (χ4n) is 2.46. The molecule has 5 unspecified atom stereocenters. The van der Waals surface area contributed by atoms with Crippen molar-refractivity contribution >= 4 is 0 Å². The van der Waals surface area contributed by atoms with Crippen molar-refractivity contribution in [2.45, 2.75) is 66.0 Å². The van der Waals surface area contributed by atoms with Crippen LogP contribution in [0.25, 0.3) is 0 Å². The molecule has 1 aliphatic rings. The summed E-state index contributed by atoms with van der Waals surface area (Å²) in [5.74, 6) is 2.58. The quantitative estimate of drug-likeness (QED) is 0.728. The average Bonchev–Trinajstić information content (AvgIpc) is 2.48. The zero-order chi connectivity index (χ0) is 10.7. The van der Waals surface area contributed by atoms with Crippen LogP contribution in [0.1, 0.15) is 53.9 Å². The van der Waals surface area contributed by atoms with Crippen molar-refractivity contribution in [1.29, 1.82) is 0 Å². The van der Waals surface area contributed by atoms with Crippen molar-refractivity contribution in [3.63, 3.8) is 0 Å². The van der Waals surface area contributed by atoms with E-state index in [9.17, 15) is 0 Å². The highest BCUT2D eigenvalue weighted by Crippen LogP contribution is 2.31. The highest BCUT2D eigenvalue weighted by atomic mass is 15.0. The Balaban J connectivity index is 2.37. The Morgan fingerprint density at radius 1 is 1.21 bits per heavy atom. The van der Waals surface area contributed by atoms with Crippen LogP contribution in [-0.2, 0) is 0 Å². The van der Waals surface area contributed by atoms with Crippen LogP contribution in [0.5, 0.6) is 0 Å². The number of hydrogen-bond acceptors (Lipinski definition) is 1. The Morgan fingerprint density at radius 3 is 2.29 bits per heavy atom. The average molecular weight is 197 g/mol. The van der Waals surface area contributed by atoms with Gasteiger partial charge in [-0.2, -0.15) is 0 Å². The van der Waals surface area contributed by atoms with Gasteiger partial charge in [-0.3, -0.25) is 0 Å². The topological polar surface area (TPSA) is 12.0 Å². The minimum absolute atomic E-state index is 0.678. The van der Waals surface area contributed by atoms with Gasteiger partial charge in [0.1, 0.15) is 0 Å². The molecule has 5 atom stereocenters. The fraction of sp³-hybridized carbons (Fsp3) is 1.00. The van der Waals surface area contributed by atoms with Crippen molar-refractivity contribution in [2.75, 3.05) is 0 Å². The summed E-state index contributed by atoms with van der Waals surface area (Å²) in [4.78, 5) is 0. The second-order valence-corrected chi connectivity index (χ2v) is 5.36. The fourth-order valence-corrected chi connectivity index (χ4v) is 2.46. The van der Waals surface area contributed by atoms with Crippen LogP contribution in [0.2, 0.25) is 0 Å². The van der Waals surface area contributed by atoms with Crippen molar-refractivity contribution in [1.82, 2.24) is 5.32 Å². The van der Waals surface area contributed by atoms with Crippen LogP contribution in [0.3, 0.4) is 0 Å². The van der Waals surface area contributed by atoms with E-state index in [2.05, 4.69) is 39.9 Å². The largest absolute Gasteiger partial charge is 0.311 e. The first-order chi connectivity index (χ1) is 6.56. The van der Waals surface area contributed by atoms with Gasteiger partial charge in [0.05, 0.1) is 0 Å². The molecular weight excluding hydrogens is 170 g/mol. The zero-order valence-corrected chi connectivity index (χ0v) is 10.5. The van der Waals surface area contributed by atoms with Crippen molar-refractivity contribution in [3.8, 4) is 0 Å². The first-order valence-corrected chi connectivity index (χ1v) is 6.32. The molecule has 0 aromatic rings. The Kier molecular flexibility index (Phi) is 4.43. The van der Waals surface area contributed by atoms with E-state index in [4.69, 9.17) is 0 Å². The number of rotatable bonds is 4. The molecule has 0 amide bonds. The van der Waals surface area contributed by atoms with Gasteiger partial charge < -0.3 is 5.32 Å². The highest BCUT2D eigenvalue weighted by molar-refractivity contribution is 4.87. The van der Waals surface area contributed by atoms with Gasteiger partial charge >= 0.3 is 0 Å². The number of hydrogen-bond donors (Lipinski definition) is 1. The second-order valence-electron chi connectivity index (χ2n) is 5.36. The Hall–Kier alpha value is -0.0400. The molecule has 1 fully saturated rings. The molecule has 1 N–H and O–H groups in total. The van der Waals surface area contributed by atoms with Crippen molar-refractivity contribution in [2.24, 2.45) is 17.8 Å². The molecular formula is C13H27N. The van der Waals surface area contributed by atoms with E-state index in [1.165, 1.54) is 19.3 Å². The molecule has 0 spiro atoms. The molecule has 84 valence electrons. The maximum absolute atomic E-state index is 3.81. The predicted molar refractivity (Wildman–Crippen MR) is 63.4 cm³/mol. The molecule has 1 heteroatoms. The summed E-state index contributed by atoms with van der Waals surface area (Å²) in [6.45, 7) is 11.8. The van der Waals surface area contributed by atoms with Crippen LogP contribution < -0.4 is 5.32 Å². The van der Waals surface area contributed by atoms with Gasteiger partial charge in [0, 0.05) is 12.1 Å². The minimum atomic E-state index is 0.678. The van der Waals surface area contributed by atoms with Gasteiger partial charge in [-0.05, 0) is 37.5 Å². The van der Waals surface area contributed by atoms with Crippen LogP contribution in [0.15, 0.2) is 0 Å². The van der Waals surface area contributed by atoms with Crippen LogP contribution >= 0.6 is 0 Å². The third kappa shape index (κ3) is 2.73. The van der Waals surface area contributed by atoms with E-state index >= 15 is 0 Å². The Labute approximate surface area is 89.7 Å². The smallest absolute Gasteiger partial charge is 0.00979 e. The molecule has 1 nitrogen and oxygen atoms in total. The lowest BCUT2D eigenvalue weighted by molar-refractivity contribution is 0.298. The lowest BCUT2D eigenvalue weighted by Crippen LogP contribution is -2.41. The Bertz CT molecular complexity index is 167. The second kappa shape index (κ2) is 5.16. The Morgan fingerprint density at radius 2 is 1.86 bits per heavy atom. The maximum Gasteiger partial charge on any atom is 0.00979 e. The monoisotopic (exact) mass is 197 g/mol. The third-order valence-electron chi connectivity index (χ3n) is 4.44. The first kappa shape index (κ1) is 12.0. The van der Waals surface area contributed by atoms with E-state index in [-0.39, 0.29) is 0 Å². The summed E-state index contributed by atoms with van der Waals surface area (Å²) in [5, 5.41) is 3.81. The molecule has 1 rings (SSSR count). The van der Waals surface area contributed by atoms with Gasteiger partial charge in [-0.1, -0.05) is 34.1 Å². The molecule has 0 bridgehead atoms. The van der Waals surface area contributed by atoms with Crippen LogP contribution in [-0.4, -0.2) is 12.1 Å². The predicted octanol–water partition coefficient (Wildman–Crippen LogP) is 3.45. The molecule has 0 aromatic carbocycles.